The molecule has 0 aromatic rings. The highest BCUT2D eigenvalue weighted by molar-refractivity contribution is 7.90. The molecule has 72 valence electrons. The second-order valence-electron chi connectivity index (χ2n) is 2.67. The number of alkyl halides is 1. The second kappa shape index (κ2) is 3.47. The summed E-state index contributed by atoms with van der Waals surface area (Å²) in [4.78, 5) is 0. The molecule has 7 heteroatoms. The summed E-state index contributed by atoms with van der Waals surface area (Å²) in [5.74, 6) is 0. The lowest BCUT2D eigenvalue weighted by molar-refractivity contribution is 0.0572. The van der Waals surface area contributed by atoms with Gasteiger partial charge in [-0.05, 0) is 0 Å². The Morgan fingerprint density at radius 1 is 1.33 bits per heavy atom. The van der Waals surface area contributed by atoms with Crippen LogP contribution in [0.5, 0.6) is 0 Å². The lowest BCUT2D eigenvalue weighted by Gasteiger charge is -2.12. The fourth-order valence-electron chi connectivity index (χ4n) is 1.03. The summed E-state index contributed by atoms with van der Waals surface area (Å²) in [6, 6.07) is 0. The van der Waals surface area contributed by atoms with Crippen molar-refractivity contribution >= 4 is 21.6 Å². The van der Waals surface area contributed by atoms with Crippen LogP contribution in [0.25, 0.3) is 0 Å². The van der Waals surface area contributed by atoms with Crippen molar-refractivity contribution < 1.29 is 18.6 Å². The molecule has 1 aliphatic heterocycles. The lowest BCUT2D eigenvalue weighted by atomic mass is 10.3. The van der Waals surface area contributed by atoms with Gasteiger partial charge in [-0.2, -0.15) is 4.31 Å². The van der Waals surface area contributed by atoms with Gasteiger partial charge in [-0.3, -0.25) is 0 Å². The zero-order chi connectivity index (χ0) is 9.35. The second-order valence-corrected chi connectivity index (χ2v) is 5.23. The van der Waals surface area contributed by atoms with Gasteiger partial charge in [-0.15, -0.1) is 11.6 Å². The quantitative estimate of drug-likeness (QED) is 0.553. The van der Waals surface area contributed by atoms with Crippen LogP contribution in [0, 0.1) is 0 Å². The van der Waals surface area contributed by atoms with Crippen LogP contribution < -0.4 is 0 Å². The maximum atomic E-state index is 11.1. The summed E-state index contributed by atoms with van der Waals surface area (Å²) < 4.78 is 23.1. The monoisotopic (exact) mass is 215 g/mol. The first kappa shape index (κ1) is 10.2. The molecular formula is C5H10ClNO4S. The van der Waals surface area contributed by atoms with E-state index < -0.39 is 27.4 Å². The highest BCUT2D eigenvalue weighted by Gasteiger charge is 2.35. The maximum absolute atomic E-state index is 11.1. The summed E-state index contributed by atoms with van der Waals surface area (Å²) in [5.41, 5.74) is 0. The Hall–Kier alpha value is 0.120. The molecule has 0 amide bonds. The van der Waals surface area contributed by atoms with Crippen molar-refractivity contribution in [2.24, 2.45) is 0 Å². The molecule has 0 unspecified atom stereocenters. The molecule has 1 heterocycles. The van der Waals surface area contributed by atoms with Crippen molar-refractivity contribution in [3.63, 3.8) is 0 Å². The van der Waals surface area contributed by atoms with Gasteiger partial charge in [0.25, 0.3) is 0 Å². The van der Waals surface area contributed by atoms with E-state index in [2.05, 4.69) is 0 Å². The molecule has 12 heavy (non-hydrogen) atoms. The summed E-state index contributed by atoms with van der Waals surface area (Å²) in [7, 11) is -3.48. The van der Waals surface area contributed by atoms with E-state index in [1.54, 1.807) is 0 Å². The number of sulfonamides is 1. The molecule has 5 nitrogen and oxygen atoms in total. The molecule has 1 rings (SSSR count). The third-order valence-electron chi connectivity index (χ3n) is 1.76. The largest absolute Gasteiger partial charge is 0.389 e. The highest BCUT2D eigenvalue weighted by Crippen LogP contribution is 2.15. The van der Waals surface area contributed by atoms with Gasteiger partial charge in [0.05, 0.1) is 12.2 Å². The highest BCUT2D eigenvalue weighted by atomic mass is 35.5. The SMILES string of the molecule is O=S(=O)(CCl)N1C[C@@H](O)[C@@H](O)C1. The third kappa shape index (κ3) is 1.89. The van der Waals surface area contributed by atoms with Gasteiger partial charge < -0.3 is 10.2 Å². The number of halogens is 1. The molecule has 1 aliphatic rings. The van der Waals surface area contributed by atoms with Crippen LogP contribution >= 0.6 is 11.6 Å². The Balaban J connectivity index is 2.70. The predicted octanol–water partition coefficient (Wildman–Crippen LogP) is -1.45. The number of hydrogen-bond donors (Lipinski definition) is 2. The Morgan fingerprint density at radius 3 is 2.08 bits per heavy atom. The van der Waals surface area contributed by atoms with E-state index in [0.29, 0.717) is 0 Å². The van der Waals surface area contributed by atoms with Crippen LogP contribution in [0.3, 0.4) is 0 Å². The molecule has 2 N–H and O–H groups in total. The Bertz CT molecular complexity index is 244. The number of hydrogen-bond acceptors (Lipinski definition) is 4. The van der Waals surface area contributed by atoms with Crippen LogP contribution in [0.15, 0.2) is 0 Å². The van der Waals surface area contributed by atoms with Crippen LogP contribution in [0.1, 0.15) is 0 Å². The smallest absolute Gasteiger partial charge is 0.228 e. The standard InChI is InChI=1S/C5H10ClNO4S/c6-3-12(10,11)7-1-4(8)5(9)2-7/h4-5,8-9H,1-3H2/t4-,5+. The fourth-order valence-corrected chi connectivity index (χ4v) is 2.34. The van der Waals surface area contributed by atoms with Crippen molar-refractivity contribution in [1.29, 1.82) is 0 Å². The van der Waals surface area contributed by atoms with Gasteiger partial charge in [0, 0.05) is 13.1 Å². The molecule has 1 fully saturated rings. The Morgan fingerprint density at radius 2 is 1.75 bits per heavy atom. The average Bonchev–Trinajstić information content (AvgIpc) is 2.33. The van der Waals surface area contributed by atoms with Crippen LogP contribution in [0.4, 0.5) is 0 Å². The van der Waals surface area contributed by atoms with Crippen molar-refractivity contribution in [3.8, 4) is 0 Å². The third-order valence-corrected chi connectivity index (χ3v) is 3.94. The number of aliphatic hydroxyl groups is 2. The number of rotatable bonds is 2. The molecule has 1 saturated heterocycles. The molecule has 2 atom stereocenters. The molecule has 0 bridgehead atoms. The molecule has 0 aromatic carbocycles. The minimum absolute atomic E-state index is 0.0732. The van der Waals surface area contributed by atoms with Gasteiger partial charge in [0.2, 0.25) is 10.0 Å². The van der Waals surface area contributed by atoms with E-state index in [0.717, 1.165) is 4.31 Å². The van der Waals surface area contributed by atoms with Crippen molar-refractivity contribution in [2.75, 3.05) is 18.3 Å². The van der Waals surface area contributed by atoms with E-state index in [1.807, 2.05) is 0 Å². The van der Waals surface area contributed by atoms with Gasteiger partial charge >= 0.3 is 0 Å². The summed E-state index contributed by atoms with van der Waals surface area (Å²) in [6.45, 7) is -0.146. The first-order valence-electron chi connectivity index (χ1n) is 3.37. The van der Waals surface area contributed by atoms with Crippen LogP contribution in [-0.4, -0.2) is 53.4 Å². The first-order valence-corrected chi connectivity index (χ1v) is 5.51. The fraction of sp³-hybridized carbons (Fsp3) is 1.00. The average molecular weight is 216 g/mol. The lowest BCUT2D eigenvalue weighted by Crippen LogP contribution is -2.30. The molecule has 0 radical (unpaired) electrons. The van der Waals surface area contributed by atoms with Gasteiger partial charge in [0.1, 0.15) is 5.21 Å². The molecule has 0 aliphatic carbocycles. The minimum atomic E-state index is -3.48. The minimum Gasteiger partial charge on any atom is -0.389 e. The zero-order valence-electron chi connectivity index (χ0n) is 6.22. The Kier molecular flexibility index (Phi) is 2.95. The first-order chi connectivity index (χ1) is 5.47. The van der Waals surface area contributed by atoms with Crippen LogP contribution in [-0.2, 0) is 10.0 Å². The number of aliphatic hydroxyl groups excluding tert-OH is 2. The normalized spacial score (nSPS) is 32.6. The summed E-state index contributed by atoms with van der Waals surface area (Å²) in [5, 5.41) is 17.5. The predicted molar refractivity (Wildman–Crippen MR) is 43.2 cm³/mol. The van der Waals surface area contributed by atoms with E-state index in [4.69, 9.17) is 21.8 Å². The van der Waals surface area contributed by atoms with E-state index in [1.165, 1.54) is 0 Å². The van der Waals surface area contributed by atoms with Gasteiger partial charge in [0.15, 0.2) is 0 Å². The molecular weight excluding hydrogens is 206 g/mol. The maximum Gasteiger partial charge on any atom is 0.228 e. The van der Waals surface area contributed by atoms with Gasteiger partial charge in [-0.25, -0.2) is 8.42 Å². The Labute approximate surface area is 75.6 Å². The van der Waals surface area contributed by atoms with Crippen molar-refractivity contribution in [3.05, 3.63) is 0 Å². The van der Waals surface area contributed by atoms with Gasteiger partial charge in [-0.1, -0.05) is 0 Å². The van der Waals surface area contributed by atoms with Crippen LogP contribution in [0.2, 0.25) is 0 Å². The molecule has 0 saturated carbocycles. The van der Waals surface area contributed by atoms with Crippen molar-refractivity contribution in [1.82, 2.24) is 4.31 Å². The van der Waals surface area contributed by atoms with Crippen molar-refractivity contribution in [2.45, 2.75) is 12.2 Å². The van der Waals surface area contributed by atoms with E-state index in [9.17, 15) is 8.42 Å². The zero-order valence-corrected chi connectivity index (χ0v) is 7.79. The number of nitrogens with zero attached hydrogens (tertiary/aromatic N) is 1. The summed E-state index contributed by atoms with van der Waals surface area (Å²) in [6.07, 6.45) is -1.99. The molecule has 0 spiro atoms. The molecule has 0 aromatic heterocycles. The topological polar surface area (TPSA) is 77.8 Å². The van der Waals surface area contributed by atoms with E-state index >= 15 is 0 Å². The summed E-state index contributed by atoms with van der Waals surface area (Å²) >= 11 is 5.18. The van der Waals surface area contributed by atoms with E-state index in [-0.39, 0.29) is 13.1 Å². The number of β-amino-alcohol motifs (C(OH)–C–C–N with tert-alkyl or cyclic N) is 2.